The van der Waals surface area contributed by atoms with Crippen LogP contribution in [0.4, 0.5) is 0 Å². The van der Waals surface area contributed by atoms with Crippen molar-refractivity contribution < 1.29 is 14.7 Å². The molecule has 0 radical (unpaired) electrons. The second-order valence-electron chi connectivity index (χ2n) is 4.98. The number of allylic oxidation sites excluding steroid dienone is 2. The fourth-order valence-corrected chi connectivity index (χ4v) is 3.02. The number of nitrogens with one attached hydrogen (secondary N) is 1. The van der Waals surface area contributed by atoms with Gasteiger partial charge in [0.1, 0.15) is 0 Å². The van der Waals surface area contributed by atoms with Crippen LogP contribution < -0.4 is 5.32 Å². The Morgan fingerprint density at radius 1 is 1.29 bits per heavy atom. The summed E-state index contributed by atoms with van der Waals surface area (Å²) in [5.41, 5.74) is 0. The van der Waals surface area contributed by atoms with Crippen molar-refractivity contribution in [2.24, 2.45) is 23.7 Å². The molecule has 0 aromatic carbocycles. The number of rotatable bonds is 5. The van der Waals surface area contributed by atoms with Gasteiger partial charge in [-0.2, -0.15) is 0 Å². The Hall–Kier alpha value is -1.32. The zero-order valence-corrected chi connectivity index (χ0v) is 10.1. The Morgan fingerprint density at radius 3 is 2.53 bits per heavy atom. The highest BCUT2D eigenvalue weighted by atomic mass is 16.4. The lowest BCUT2D eigenvalue weighted by molar-refractivity contribution is -0.147. The van der Waals surface area contributed by atoms with Gasteiger partial charge in [0.05, 0.1) is 11.8 Å². The number of carboxylic acid groups (broad SMARTS) is 1. The summed E-state index contributed by atoms with van der Waals surface area (Å²) < 4.78 is 0. The van der Waals surface area contributed by atoms with Gasteiger partial charge in [0, 0.05) is 6.54 Å². The third kappa shape index (κ3) is 2.21. The van der Waals surface area contributed by atoms with Crippen LogP contribution in [0.25, 0.3) is 0 Å². The molecule has 2 rings (SSSR count). The minimum atomic E-state index is -0.836. The van der Waals surface area contributed by atoms with E-state index in [0.717, 1.165) is 19.3 Å². The van der Waals surface area contributed by atoms with Crippen LogP contribution >= 0.6 is 0 Å². The van der Waals surface area contributed by atoms with Crippen molar-refractivity contribution in [3.05, 3.63) is 12.2 Å². The molecule has 0 spiro atoms. The molecule has 4 nitrogen and oxygen atoms in total. The van der Waals surface area contributed by atoms with Crippen molar-refractivity contribution in [3.63, 3.8) is 0 Å². The first-order valence-electron chi connectivity index (χ1n) is 6.34. The fraction of sp³-hybridized carbons (Fsp3) is 0.692. The van der Waals surface area contributed by atoms with Crippen LogP contribution in [0.1, 0.15) is 26.2 Å². The summed E-state index contributed by atoms with van der Waals surface area (Å²) in [7, 11) is 0. The SMILES string of the molecule is CCCCNC(=O)[C@H]1[C@@H](C(=O)O)[C@@H]2C=C[C@H]1C2. The summed E-state index contributed by atoms with van der Waals surface area (Å²) in [6.45, 7) is 2.71. The maximum atomic E-state index is 12.0. The van der Waals surface area contributed by atoms with Crippen molar-refractivity contribution in [3.8, 4) is 0 Å². The van der Waals surface area contributed by atoms with Crippen LogP contribution in [0.3, 0.4) is 0 Å². The monoisotopic (exact) mass is 237 g/mol. The van der Waals surface area contributed by atoms with Crippen molar-refractivity contribution in [2.75, 3.05) is 6.54 Å². The predicted octanol–water partition coefficient (Wildman–Crippen LogP) is 1.43. The fourth-order valence-electron chi connectivity index (χ4n) is 3.02. The summed E-state index contributed by atoms with van der Waals surface area (Å²) in [6.07, 6.45) is 6.76. The molecule has 2 N–H and O–H groups in total. The minimum absolute atomic E-state index is 0.0550. The van der Waals surface area contributed by atoms with Crippen LogP contribution in [-0.2, 0) is 9.59 Å². The zero-order valence-electron chi connectivity index (χ0n) is 10.1. The number of hydrogen-bond donors (Lipinski definition) is 2. The molecular weight excluding hydrogens is 218 g/mol. The lowest BCUT2D eigenvalue weighted by Gasteiger charge is -2.23. The largest absolute Gasteiger partial charge is 0.481 e. The molecule has 0 heterocycles. The molecule has 94 valence electrons. The van der Waals surface area contributed by atoms with E-state index in [2.05, 4.69) is 12.2 Å². The number of unbranched alkanes of at least 4 members (excludes halogenated alkanes) is 1. The number of carbonyl (C=O) groups excluding carboxylic acids is 1. The normalized spacial score (nSPS) is 33.9. The van der Waals surface area contributed by atoms with E-state index < -0.39 is 11.9 Å². The lowest BCUT2D eigenvalue weighted by Crippen LogP contribution is -2.40. The molecule has 1 fully saturated rings. The molecule has 0 saturated heterocycles. The Morgan fingerprint density at radius 2 is 1.94 bits per heavy atom. The summed E-state index contributed by atoms with van der Waals surface area (Å²) >= 11 is 0. The Bertz CT molecular complexity index is 351. The van der Waals surface area contributed by atoms with Crippen LogP contribution in [0.5, 0.6) is 0 Å². The topological polar surface area (TPSA) is 66.4 Å². The van der Waals surface area contributed by atoms with Crippen molar-refractivity contribution >= 4 is 11.9 Å². The predicted molar refractivity (Wildman–Crippen MR) is 63.3 cm³/mol. The average molecular weight is 237 g/mol. The molecule has 2 aliphatic rings. The highest BCUT2D eigenvalue weighted by molar-refractivity contribution is 5.86. The van der Waals surface area contributed by atoms with Gasteiger partial charge in [0.25, 0.3) is 0 Å². The van der Waals surface area contributed by atoms with Gasteiger partial charge in [-0.25, -0.2) is 0 Å². The van der Waals surface area contributed by atoms with Crippen LogP contribution in [0, 0.1) is 23.7 Å². The van der Waals surface area contributed by atoms with Gasteiger partial charge in [0.15, 0.2) is 0 Å². The van der Waals surface area contributed by atoms with E-state index in [-0.39, 0.29) is 23.7 Å². The van der Waals surface area contributed by atoms with Gasteiger partial charge in [-0.05, 0) is 24.7 Å². The van der Waals surface area contributed by atoms with Gasteiger partial charge in [-0.1, -0.05) is 25.5 Å². The molecule has 2 bridgehead atoms. The van der Waals surface area contributed by atoms with E-state index in [1.807, 2.05) is 12.2 Å². The van der Waals surface area contributed by atoms with Crippen LogP contribution in [0.2, 0.25) is 0 Å². The first-order chi connectivity index (χ1) is 8.15. The van der Waals surface area contributed by atoms with Gasteiger partial charge in [-0.3, -0.25) is 9.59 Å². The molecule has 4 heteroatoms. The maximum absolute atomic E-state index is 12.0. The summed E-state index contributed by atoms with van der Waals surface area (Å²) in [4.78, 5) is 23.2. The van der Waals surface area contributed by atoms with Crippen molar-refractivity contribution in [2.45, 2.75) is 26.2 Å². The summed E-state index contributed by atoms with van der Waals surface area (Å²) in [5, 5.41) is 12.1. The smallest absolute Gasteiger partial charge is 0.307 e. The first kappa shape index (κ1) is 12.1. The average Bonchev–Trinajstić information content (AvgIpc) is 2.88. The number of carboxylic acids is 1. The summed E-state index contributed by atoms with van der Waals surface area (Å²) in [6, 6.07) is 0. The second-order valence-corrected chi connectivity index (χ2v) is 4.98. The van der Waals surface area contributed by atoms with Crippen LogP contribution in [-0.4, -0.2) is 23.5 Å². The highest BCUT2D eigenvalue weighted by Gasteiger charge is 2.51. The number of carbonyl (C=O) groups is 2. The maximum Gasteiger partial charge on any atom is 0.307 e. The number of hydrogen-bond acceptors (Lipinski definition) is 2. The van der Waals surface area contributed by atoms with E-state index in [9.17, 15) is 14.7 Å². The lowest BCUT2D eigenvalue weighted by atomic mass is 9.82. The van der Waals surface area contributed by atoms with Crippen molar-refractivity contribution in [1.82, 2.24) is 5.32 Å². The molecule has 0 aliphatic heterocycles. The Kier molecular flexibility index (Phi) is 3.50. The number of fused-ring (bicyclic) bond motifs is 2. The van der Waals surface area contributed by atoms with Gasteiger partial charge >= 0.3 is 5.97 Å². The Balaban J connectivity index is 2.01. The van der Waals surface area contributed by atoms with E-state index in [1.165, 1.54) is 0 Å². The molecule has 4 atom stereocenters. The molecule has 2 aliphatic carbocycles. The van der Waals surface area contributed by atoms with Crippen LogP contribution in [0.15, 0.2) is 12.2 Å². The quantitative estimate of drug-likeness (QED) is 0.561. The molecular formula is C13H19NO3. The highest BCUT2D eigenvalue weighted by Crippen LogP contribution is 2.48. The van der Waals surface area contributed by atoms with E-state index in [4.69, 9.17) is 0 Å². The van der Waals surface area contributed by atoms with E-state index >= 15 is 0 Å². The van der Waals surface area contributed by atoms with Crippen molar-refractivity contribution in [1.29, 1.82) is 0 Å². The zero-order chi connectivity index (χ0) is 12.4. The summed E-state index contributed by atoms with van der Waals surface area (Å²) in [5.74, 6) is -1.62. The molecule has 0 aromatic heterocycles. The molecule has 1 amide bonds. The standard InChI is InChI=1S/C13H19NO3/c1-2-3-6-14-12(15)10-8-4-5-9(7-8)11(10)13(16)17/h4-5,8-11H,2-3,6-7H2,1H3,(H,14,15)(H,16,17)/t8-,9+,10+,11-/m0/s1. The minimum Gasteiger partial charge on any atom is -0.481 e. The van der Waals surface area contributed by atoms with Gasteiger partial charge in [-0.15, -0.1) is 0 Å². The Labute approximate surface area is 101 Å². The number of amides is 1. The molecule has 0 unspecified atom stereocenters. The van der Waals surface area contributed by atoms with E-state index in [1.54, 1.807) is 0 Å². The van der Waals surface area contributed by atoms with Gasteiger partial charge in [0.2, 0.25) is 5.91 Å². The third-order valence-electron chi connectivity index (χ3n) is 3.88. The second kappa shape index (κ2) is 4.90. The molecule has 1 saturated carbocycles. The van der Waals surface area contributed by atoms with Gasteiger partial charge < -0.3 is 10.4 Å². The molecule has 0 aromatic rings. The molecule has 17 heavy (non-hydrogen) atoms. The third-order valence-corrected chi connectivity index (χ3v) is 3.88. The number of aliphatic carboxylic acids is 1. The first-order valence-corrected chi connectivity index (χ1v) is 6.34. The van der Waals surface area contributed by atoms with E-state index in [0.29, 0.717) is 6.54 Å².